The molecule has 2 aromatic rings. The molecule has 150 valence electrons. The fourth-order valence-corrected chi connectivity index (χ4v) is 3.85. The highest BCUT2D eigenvalue weighted by Gasteiger charge is 2.24. The molecule has 1 atom stereocenters. The Bertz CT molecular complexity index is 796. The highest BCUT2D eigenvalue weighted by molar-refractivity contribution is 7.15. The van der Waals surface area contributed by atoms with E-state index >= 15 is 0 Å². The van der Waals surface area contributed by atoms with Gasteiger partial charge in [0.25, 0.3) is 0 Å². The number of hydrogen-bond acceptors (Lipinski definition) is 5. The van der Waals surface area contributed by atoms with Crippen LogP contribution in [0.1, 0.15) is 23.1 Å². The molecule has 0 unspecified atom stereocenters. The number of amides is 3. The van der Waals surface area contributed by atoms with Gasteiger partial charge in [0.2, 0.25) is 5.91 Å². The van der Waals surface area contributed by atoms with E-state index in [1.807, 2.05) is 32.0 Å². The number of nitrogens with zero attached hydrogens (tertiary/aromatic N) is 3. The maximum absolute atomic E-state index is 12.5. The van der Waals surface area contributed by atoms with E-state index in [4.69, 9.17) is 0 Å². The van der Waals surface area contributed by atoms with E-state index in [1.54, 1.807) is 11.8 Å². The summed E-state index contributed by atoms with van der Waals surface area (Å²) in [7, 11) is 0. The molecule has 1 aromatic heterocycles. The highest BCUT2D eigenvalue weighted by Crippen LogP contribution is 2.21. The lowest BCUT2D eigenvalue weighted by molar-refractivity contribution is -0.117. The molecule has 1 aromatic carbocycles. The molecule has 1 aliphatic rings. The first-order valence-corrected chi connectivity index (χ1v) is 10.3. The summed E-state index contributed by atoms with van der Waals surface area (Å²) in [6, 6.07) is 9.50. The number of benzene rings is 1. The first kappa shape index (κ1) is 20.3. The number of urea groups is 1. The third-order valence-corrected chi connectivity index (χ3v) is 5.89. The highest BCUT2D eigenvalue weighted by atomic mass is 32.1. The number of hydrogen-bond donors (Lipinski definition) is 2. The Morgan fingerprint density at radius 1 is 1.14 bits per heavy atom. The van der Waals surface area contributed by atoms with E-state index < -0.39 is 6.04 Å². The third kappa shape index (κ3) is 5.30. The van der Waals surface area contributed by atoms with E-state index in [1.165, 1.54) is 16.9 Å². The zero-order chi connectivity index (χ0) is 20.1. The van der Waals surface area contributed by atoms with E-state index in [0.717, 1.165) is 30.2 Å². The van der Waals surface area contributed by atoms with Crippen LogP contribution < -0.4 is 10.6 Å². The van der Waals surface area contributed by atoms with E-state index in [-0.39, 0.29) is 11.9 Å². The van der Waals surface area contributed by atoms with Gasteiger partial charge in [0, 0.05) is 37.6 Å². The summed E-state index contributed by atoms with van der Waals surface area (Å²) >= 11 is 1.44. The van der Waals surface area contributed by atoms with Crippen molar-refractivity contribution in [1.82, 2.24) is 20.1 Å². The Labute approximate surface area is 169 Å². The summed E-state index contributed by atoms with van der Waals surface area (Å²) in [6.45, 7) is 9.39. The quantitative estimate of drug-likeness (QED) is 0.807. The van der Waals surface area contributed by atoms with Gasteiger partial charge in [-0.05, 0) is 26.3 Å². The number of carbonyl (C=O) groups excluding carboxylic acids is 2. The van der Waals surface area contributed by atoms with Gasteiger partial charge in [0.05, 0.1) is 5.69 Å². The van der Waals surface area contributed by atoms with Crippen molar-refractivity contribution in [3.05, 3.63) is 46.5 Å². The van der Waals surface area contributed by atoms with Crippen LogP contribution in [0, 0.1) is 13.8 Å². The van der Waals surface area contributed by atoms with Crippen molar-refractivity contribution >= 4 is 28.4 Å². The van der Waals surface area contributed by atoms with E-state index in [2.05, 4.69) is 32.7 Å². The summed E-state index contributed by atoms with van der Waals surface area (Å²) in [6.07, 6.45) is 0. The van der Waals surface area contributed by atoms with Gasteiger partial charge in [-0.1, -0.05) is 30.3 Å². The van der Waals surface area contributed by atoms with Crippen LogP contribution in [0.5, 0.6) is 0 Å². The molecule has 28 heavy (non-hydrogen) atoms. The number of piperazine rings is 1. The average molecular weight is 402 g/mol. The fourth-order valence-electron chi connectivity index (χ4n) is 3.03. The smallest absolute Gasteiger partial charge is 0.318 e. The van der Waals surface area contributed by atoms with Gasteiger partial charge in [-0.25, -0.2) is 9.78 Å². The second-order valence-electron chi connectivity index (χ2n) is 7.07. The van der Waals surface area contributed by atoms with Crippen LogP contribution in [0.3, 0.4) is 0 Å². The summed E-state index contributed by atoms with van der Waals surface area (Å²) in [5.74, 6) is -0.259. The van der Waals surface area contributed by atoms with Gasteiger partial charge >= 0.3 is 6.03 Å². The molecule has 3 rings (SSSR count). The van der Waals surface area contributed by atoms with Crippen molar-refractivity contribution in [3.63, 3.8) is 0 Å². The average Bonchev–Trinajstić information content (AvgIpc) is 3.00. The summed E-state index contributed by atoms with van der Waals surface area (Å²) in [5.41, 5.74) is 2.18. The SMILES string of the molecule is Cc1nc(NC(=O)[C@H](C)NC(=O)N2CCN(Cc3ccccc3)CC2)sc1C. The van der Waals surface area contributed by atoms with Crippen LogP contribution >= 0.6 is 11.3 Å². The first-order valence-electron chi connectivity index (χ1n) is 9.49. The third-order valence-electron chi connectivity index (χ3n) is 4.90. The lowest BCUT2D eigenvalue weighted by Gasteiger charge is -2.35. The molecule has 1 fully saturated rings. The molecule has 2 heterocycles. The van der Waals surface area contributed by atoms with Crippen LogP contribution in [-0.4, -0.2) is 58.9 Å². The maximum atomic E-state index is 12.5. The first-order chi connectivity index (χ1) is 13.4. The van der Waals surface area contributed by atoms with Crippen LogP contribution in [-0.2, 0) is 11.3 Å². The van der Waals surface area contributed by atoms with Crippen LogP contribution in [0.4, 0.5) is 9.93 Å². The van der Waals surface area contributed by atoms with Crippen molar-refractivity contribution in [3.8, 4) is 0 Å². The van der Waals surface area contributed by atoms with E-state index in [9.17, 15) is 9.59 Å². The molecule has 3 amide bonds. The summed E-state index contributed by atoms with van der Waals surface area (Å²) in [5, 5.41) is 6.13. The lowest BCUT2D eigenvalue weighted by atomic mass is 10.2. The summed E-state index contributed by atoms with van der Waals surface area (Å²) in [4.78, 5) is 34.3. The fraction of sp³-hybridized carbons (Fsp3) is 0.450. The number of thiazole rings is 1. The molecule has 1 saturated heterocycles. The zero-order valence-electron chi connectivity index (χ0n) is 16.6. The number of carbonyl (C=O) groups is 2. The molecule has 2 N–H and O–H groups in total. The number of anilines is 1. The standard InChI is InChI=1S/C20H27N5O2S/c1-14-16(3)28-19(21-14)23-18(26)15(2)22-20(27)25-11-9-24(10-12-25)13-17-7-5-4-6-8-17/h4-8,15H,9-13H2,1-3H3,(H,22,27)(H,21,23,26)/t15-/m0/s1. The Morgan fingerprint density at radius 3 is 2.43 bits per heavy atom. The Kier molecular flexibility index (Phi) is 6.64. The van der Waals surface area contributed by atoms with Crippen LogP contribution in [0.25, 0.3) is 0 Å². The molecule has 1 aliphatic heterocycles. The molecule has 0 radical (unpaired) electrons. The van der Waals surface area contributed by atoms with Crippen molar-refractivity contribution < 1.29 is 9.59 Å². The molecule has 8 heteroatoms. The molecule has 7 nitrogen and oxygen atoms in total. The van der Waals surface area contributed by atoms with Crippen molar-refractivity contribution in [2.45, 2.75) is 33.4 Å². The summed E-state index contributed by atoms with van der Waals surface area (Å²) < 4.78 is 0. The molecular formula is C20H27N5O2S. The van der Waals surface area contributed by atoms with Gasteiger partial charge in [-0.2, -0.15) is 0 Å². The van der Waals surface area contributed by atoms with Gasteiger partial charge < -0.3 is 15.5 Å². The minimum atomic E-state index is -0.626. The predicted octanol–water partition coefficient (Wildman–Crippen LogP) is 2.61. The molecule has 0 aliphatic carbocycles. The lowest BCUT2D eigenvalue weighted by Crippen LogP contribution is -2.54. The van der Waals surface area contributed by atoms with Gasteiger partial charge in [0.1, 0.15) is 6.04 Å². The molecule has 0 saturated carbocycles. The minimum Gasteiger partial charge on any atom is -0.326 e. The largest absolute Gasteiger partial charge is 0.326 e. The Hall–Kier alpha value is -2.45. The Morgan fingerprint density at radius 2 is 1.82 bits per heavy atom. The number of aryl methyl sites for hydroxylation is 2. The van der Waals surface area contributed by atoms with Gasteiger partial charge in [0.15, 0.2) is 5.13 Å². The number of nitrogens with one attached hydrogen (secondary N) is 2. The normalized spacial score (nSPS) is 15.9. The molecule has 0 spiro atoms. The zero-order valence-corrected chi connectivity index (χ0v) is 17.4. The van der Waals surface area contributed by atoms with Crippen LogP contribution in [0.15, 0.2) is 30.3 Å². The van der Waals surface area contributed by atoms with E-state index in [0.29, 0.717) is 18.2 Å². The topological polar surface area (TPSA) is 77.6 Å². The van der Waals surface area contributed by atoms with Crippen LogP contribution in [0.2, 0.25) is 0 Å². The molecular weight excluding hydrogens is 374 g/mol. The Balaban J connectivity index is 1.43. The molecule has 0 bridgehead atoms. The minimum absolute atomic E-state index is 0.200. The number of aromatic nitrogens is 1. The van der Waals surface area contributed by atoms with Crippen molar-refractivity contribution in [2.24, 2.45) is 0 Å². The van der Waals surface area contributed by atoms with Crippen molar-refractivity contribution in [2.75, 3.05) is 31.5 Å². The predicted molar refractivity (Wildman–Crippen MR) is 112 cm³/mol. The maximum Gasteiger partial charge on any atom is 0.318 e. The van der Waals surface area contributed by atoms with Gasteiger partial charge in [-0.15, -0.1) is 11.3 Å². The monoisotopic (exact) mass is 401 g/mol. The van der Waals surface area contributed by atoms with Gasteiger partial charge in [-0.3, -0.25) is 9.69 Å². The van der Waals surface area contributed by atoms with Crippen molar-refractivity contribution in [1.29, 1.82) is 0 Å². The number of rotatable bonds is 5. The second kappa shape index (κ2) is 9.16. The second-order valence-corrected chi connectivity index (χ2v) is 8.27.